The Bertz CT molecular complexity index is 789. The minimum atomic E-state index is 0.825. The quantitative estimate of drug-likeness (QED) is 0.605. The highest BCUT2D eigenvalue weighted by Crippen LogP contribution is 2.24. The third-order valence-corrected chi connectivity index (χ3v) is 5.00. The van der Waals surface area contributed by atoms with E-state index in [-0.39, 0.29) is 0 Å². The second-order valence-corrected chi connectivity index (χ2v) is 7.03. The number of aromatic nitrogens is 3. The molecule has 0 saturated heterocycles. The predicted molar refractivity (Wildman–Crippen MR) is 100 cm³/mol. The van der Waals surface area contributed by atoms with Crippen molar-refractivity contribution in [2.45, 2.75) is 44.6 Å². The molecule has 0 aliphatic heterocycles. The van der Waals surface area contributed by atoms with Crippen molar-refractivity contribution in [1.29, 1.82) is 0 Å². The lowest BCUT2D eigenvalue weighted by Crippen LogP contribution is -2.04. The lowest BCUT2D eigenvalue weighted by molar-refractivity contribution is 0.651. The molecule has 3 nitrogen and oxygen atoms in total. The van der Waals surface area contributed by atoms with Crippen molar-refractivity contribution >= 4 is 11.8 Å². The molecule has 0 amide bonds. The fourth-order valence-corrected chi connectivity index (χ4v) is 3.90. The summed E-state index contributed by atoms with van der Waals surface area (Å²) >= 11 is 1.76. The SMILES string of the molecule is CCn1c(Cc2ccccc2)nnc1SCc1cc(C)cc(C)c1. The zero-order chi connectivity index (χ0) is 16.9. The minimum absolute atomic E-state index is 0.825. The zero-order valence-corrected chi connectivity index (χ0v) is 15.3. The van der Waals surface area contributed by atoms with Gasteiger partial charge in [-0.15, -0.1) is 10.2 Å². The van der Waals surface area contributed by atoms with Crippen LogP contribution in [0.25, 0.3) is 0 Å². The van der Waals surface area contributed by atoms with E-state index in [4.69, 9.17) is 0 Å². The number of thioether (sulfide) groups is 1. The molecule has 3 aromatic rings. The van der Waals surface area contributed by atoms with Gasteiger partial charge in [0, 0.05) is 18.7 Å². The van der Waals surface area contributed by atoms with Crippen LogP contribution >= 0.6 is 11.8 Å². The van der Waals surface area contributed by atoms with Crippen LogP contribution in [0.2, 0.25) is 0 Å². The summed E-state index contributed by atoms with van der Waals surface area (Å²) in [5.74, 6) is 1.96. The smallest absolute Gasteiger partial charge is 0.191 e. The van der Waals surface area contributed by atoms with E-state index in [1.54, 1.807) is 11.8 Å². The minimum Gasteiger partial charge on any atom is -0.306 e. The number of hydrogen-bond donors (Lipinski definition) is 0. The summed E-state index contributed by atoms with van der Waals surface area (Å²) < 4.78 is 2.22. The van der Waals surface area contributed by atoms with E-state index in [2.05, 4.69) is 78.0 Å². The molecular formula is C20H23N3S. The summed E-state index contributed by atoms with van der Waals surface area (Å²) in [5.41, 5.74) is 5.23. The molecule has 3 rings (SSSR count). The van der Waals surface area contributed by atoms with Crippen LogP contribution in [0.1, 0.15) is 35.0 Å². The Balaban J connectivity index is 1.74. The summed E-state index contributed by atoms with van der Waals surface area (Å²) in [6.07, 6.45) is 0.825. The van der Waals surface area contributed by atoms with Crippen molar-refractivity contribution < 1.29 is 0 Å². The van der Waals surface area contributed by atoms with Crippen LogP contribution in [-0.4, -0.2) is 14.8 Å². The molecule has 0 unspecified atom stereocenters. The Morgan fingerprint density at radius 1 is 0.917 bits per heavy atom. The summed E-state index contributed by atoms with van der Waals surface area (Å²) in [5, 5.41) is 9.84. The second kappa shape index (κ2) is 7.67. The summed E-state index contributed by atoms with van der Waals surface area (Å²) in [6, 6.07) is 17.2. The van der Waals surface area contributed by atoms with Crippen molar-refractivity contribution in [2.24, 2.45) is 0 Å². The Labute approximate surface area is 148 Å². The maximum Gasteiger partial charge on any atom is 0.191 e. The van der Waals surface area contributed by atoms with Crippen molar-refractivity contribution in [1.82, 2.24) is 14.8 Å². The summed E-state index contributed by atoms with van der Waals surface area (Å²) in [4.78, 5) is 0. The largest absolute Gasteiger partial charge is 0.306 e. The van der Waals surface area contributed by atoms with E-state index in [1.807, 2.05) is 6.07 Å². The number of benzene rings is 2. The third kappa shape index (κ3) is 4.06. The highest BCUT2D eigenvalue weighted by Gasteiger charge is 2.12. The highest BCUT2D eigenvalue weighted by molar-refractivity contribution is 7.98. The van der Waals surface area contributed by atoms with Gasteiger partial charge in [0.1, 0.15) is 5.82 Å². The van der Waals surface area contributed by atoms with E-state index in [9.17, 15) is 0 Å². The monoisotopic (exact) mass is 337 g/mol. The first-order valence-electron chi connectivity index (χ1n) is 8.31. The number of aryl methyl sites for hydroxylation is 2. The molecule has 1 aromatic heterocycles. The van der Waals surface area contributed by atoms with Crippen LogP contribution < -0.4 is 0 Å². The van der Waals surface area contributed by atoms with Crippen molar-refractivity contribution in [3.63, 3.8) is 0 Å². The van der Waals surface area contributed by atoms with Gasteiger partial charge in [-0.3, -0.25) is 0 Å². The van der Waals surface area contributed by atoms with E-state index in [0.29, 0.717) is 0 Å². The van der Waals surface area contributed by atoms with E-state index in [0.717, 1.165) is 29.7 Å². The maximum atomic E-state index is 4.42. The van der Waals surface area contributed by atoms with E-state index >= 15 is 0 Å². The highest BCUT2D eigenvalue weighted by atomic mass is 32.2. The number of rotatable bonds is 6. The summed E-state index contributed by atoms with van der Waals surface area (Å²) in [7, 11) is 0. The van der Waals surface area contributed by atoms with Gasteiger partial charge in [-0.05, 0) is 31.9 Å². The van der Waals surface area contributed by atoms with Gasteiger partial charge in [-0.2, -0.15) is 0 Å². The van der Waals surface area contributed by atoms with Crippen LogP contribution in [0.5, 0.6) is 0 Å². The standard InChI is InChI=1S/C20H23N3S/c1-4-23-19(13-17-8-6-5-7-9-17)21-22-20(23)24-14-18-11-15(2)10-16(3)12-18/h5-12H,4,13-14H2,1-3H3. The fourth-order valence-electron chi connectivity index (χ4n) is 2.95. The van der Waals surface area contributed by atoms with Gasteiger partial charge in [-0.1, -0.05) is 71.4 Å². The lowest BCUT2D eigenvalue weighted by atomic mass is 10.1. The molecule has 2 aromatic carbocycles. The normalized spacial score (nSPS) is 11.0. The van der Waals surface area contributed by atoms with Gasteiger partial charge in [-0.25, -0.2) is 0 Å². The van der Waals surface area contributed by atoms with Gasteiger partial charge < -0.3 is 4.57 Å². The Kier molecular flexibility index (Phi) is 5.36. The number of nitrogens with zero attached hydrogens (tertiary/aromatic N) is 3. The van der Waals surface area contributed by atoms with Crippen molar-refractivity contribution in [2.75, 3.05) is 0 Å². The predicted octanol–water partition coefficient (Wildman–Crippen LogP) is 4.80. The van der Waals surface area contributed by atoms with Crippen molar-refractivity contribution in [3.8, 4) is 0 Å². The first-order valence-corrected chi connectivity index (χ1v) is 9.30. The topological polar surface area (TPSA) is 30.7 Å². The Morgan fingerprint density at radius 2 is 1.62 bits per heavy atom. The third-order valence-electron chi connectivity index (χ3n) is 3.96. The molecule has 124 valence electrons. The fraction of sp³-hybridized carbons (Fsp3) is 0.300. The Hall–Kier alpha value is -2.07. The van der Waals surface area contributed by atoms with Gasteiger partial charge in [0.2, 0.25) is 0 Å². The molecule has 0 radical (unpaired) electrons. The molecule has 0 saturated carbocycles. The first kappa shape index (κ1) is 16.8. The summed E-state index contributed by atoms with van der Waals surface area (Å²) in [6.45, 7) is 7.34. The van der Waals surface area contributed by atoms with Crippen LogP contribution in [0.4, 0.5) is 0 Å². The van der Waals surface area contributed by atoms with E-state index < -0.39 is 0 Å². The molecule has 4 heteroatoms. The molecular weight excluding hydrogens is 314 g/mol. The first-order chi connectivity index (χ1) is 11.7. The molecule has 0 fully saturated rings. The van der Waals surface area contributed by atoms with Crippen molar-refractivity contribution in [3.05, 3.63) is 76.6 Å². The average Bonchev–Trinajstić information content (AvgIpc) is 2.94. The molecule has 0 atom stereocenters. The lowest BCUT2D eigenvalue weighted by Gasteiger charge is -2.08. The average molecular weight is 337 g/mol. The van der Waals surface area contributed by atoms with Gasteiger partial charge in [0.15, 0.2) is 5.16 Å². The van der Waals surface area contributed by atoms with Gasteiger partial charge in [0.05, 0.1) is 0 Å². The maximum absolute atomic E-state index is 4.42. The molecule has 0 aliphatic carbocycles. The van der Waals surface area contributed by atoms with Crippen LogP contribution in [0.15, 0.2) is 53.7 Å². The molecule has 0 spiro atoms. The molecule has 0 N–H and O–H groups in total. The molecule has 0 aliphatic rings. The second-order valence-electron chi connectivity index (χ2n) is 6.09. The van der Waals surface area contributed by atoms with Gasteiger partial charge >= 0.3 is 0 Å². The molecule has 0 bridgehead atoms. The van der Waals surface area contributed by atoms with Crippen LogP contribution in [-0.2, 0) is 18.7 Å². The van der Waals surface area contributed by atoms with Crippen LogP contribution in [0, 0.1) is 13.8 Å². The Morgan fingerprint density at radius 3 is 2.29 bits per heavy atom. The number of hydrogen-bond acceptors (Lipinski definition) is 3. The van der Waals surface area contributed by atoms with E-state index in [1.165, 1.54) is 22.3 Å². The van der Waals surface area contributed by atoms with Crippen LogP contribution in [0.3, 0.4) is 0 Å². The molecule has 1 heterocycles. The zero-order valence-electron chi connectivity index (χ0n) is 14.5. The van der Waals surface area contributed by atoms with Gasteiger partial charge in [0.25, 0.3) is 0 Å². The molecule has 24 heavy (non-hydrogen) atoms.